The number of carbonyl (C=O) groups excluding carboxylic acids is 1. The molecule has 0 aromatic heterocycles. The molecular weight excluding hydrogens is 128 g/mol. The van der Waals surface area contributed by atoms with E-state index in [0.717, 1.165) is 12.8 Å². The van der Waals surface area contributed by atoms with Crippen LogP contribution in [0.5, 0.6) is 0 Å². The molecule has 1 rings (SSSR count). The van der Waals surface area contributed by atoms with Crippen LogP contribution in [0.1, 0.15) is 26.7 Å². The Morgan fingerprint density at radius 3 is 2.90 bits per heavy atom. The summed E-state index contributed by atoms with van der Waals surface area (Å²) in [5.41, 5.74) is 0. The third kappa shape index (κ3) is 1.31. The molecule has 1 heterocycles. The SMILES string of the molecule is CC[C@H](C)[C@@H]1CCOC1=O. The Kier molecular flexibility index (Phi) is 2.30. The second kappa shape index (κ2) is 3.04. The van der Waals surface area contributed by atoms with Crippen LogP contribution in [0.15, 0.2) is 0 Å². The maximum Gasteiger partial charge on any atom is 0.309 e. The van der Waals surface area contributed by atoms with E-state index in [4.69, 9.17) is 4.74 Å². The maximum absolute atomic E-state index is 11.0. The van der Waals surface area contributed by atoms with Crippen molar-refractivity contribution in [2.75, 3.05) is 6.61 Å². The Bertz CT molecular complexity index is 131. The Hall–Kier alpha value is -0.530. The van der Waals surface area contributed by atoms with Gasteiger partial charge in [0, 0.05) is 0 Å². The summed E-state index contributed by atoms with van der Waals surface area (Å²) in [5, 5.41) is 0. The van der Waals surface area contributed by atoms with E-state index >= 15 is 0 Å². The monoisotopic (exact) mass is 142 g/mol. The fraction of sp³-hybridized carbons (Fsp3) is 0.875. The highest BCUT2D eigenvalue weighted by Gasteiger charge is 2.30. The van der Waals surface area contributed by atoms with Gasteiger partial charge < -0.3 is 4.74 Å². The van der Waals surface area contributed by atoms with Crippen molar-refractivity contribution in [3.63, 3.8) is 0 Å². The van der Waals surface area contributed by atoms with Crippen molar-refractivity contribution in [2.45, 2.75) is 26.7 Å². The summed E-state index contributed by atoms with van der Waals surface area (Å²) in [6.07, 6.45) is 1.99. The molecule has 0 aromatic carbocycles. The number of esters is 1. The molecule has 1 aliphatic rings. The number of carbonyl (C=O) groups is 1. The van der Waals surface area contributed by atoms with E-state index in [1.165, 1.54) is 0 Å². The minimum absolute atomic E-state index is 0.00866. The molecule has 10 heavy (non-hydrogen) atoms. The summed E-state index contributed by atoms with van der Waals surface area (Å²) in [4.78, 5) is 11.0. The van der Waals surface area contributed by atoms with Crippen molar-refractivity contribution in [3.8, 4) is 0 Å². The number of hydrogen-bond donors (Lipinski definition) is 0. The van der Waals surface area contributed by atoms with Crippen molar-refractivity contribution in [1.82, 2.24) is 0 Å². The van der Waals surface area contributed by atoms with E-state index in [9.17, 15) is 4.79 Å². The van der Waals surface area contributed by atoms with Crippen molar-refractivity contribution in [3.05, 3.63) is 0 Å². The van der Waals surface area contributed by atoms with E-state index in [1.54, 1.807) is 0 Å². The Morgan fingerprint density at radius 2 is 2.50 bits per heavy atom. The van der Waals surface area contributed by atoms with Gasteiger partial charge in [0.15, 0.2) is 0 Å². The number of hydrogen-bond acceptors (Lipinski definition) is 2. The average molecular weight is 142 g/mol. The van der Waals surface area contributed by atoms with E-state index in [-0.39, 0.29) is 11.9 Å². The van der Waals surface area contributed by atoms with Gasteiger partial charge in [-0.1, -0.05) is 20.3 Å². The molecule has 0 bridgehead atoms. The molecule has 1 saturated heterocycles. The zero-order valence-corrected chi connectivity index (χ0v) is 6.59. The van der Waals surface area contributed by atoms with E-state index < -0.39 is 0 Å². The van der Waals surface area contributed by atoms with Gasteiger partial charge >= 0.3 is 5.97 Å². The third-order valence-corrected chi connectivity index (χ3v) is 2.31. The van der Waals surface area contributed by atoms with Crippen LogP contribution in [0.25, 0.3) is 0 Å². The van der Waals surface area contributed by atoms with Gasteiger partial charge in [0.05, 0.1) is 12.5 Å². The summed E-state index contributed by atoms with van der Waals surface area (Å²) in [5.74, 6) is 0.689. The second-order valence-corrected chi connectivity index (χ2v) is 2.95. The van der Waals surface area contributed by atoms with Gasteiger partial charge in [-0.3, -0.25) is 4.79 Å². The lowest BCUT2D eigenvalue weighted by atomic mass is 9.91. The van der Waals surface area contributed by atoms with Crippen LogP contribution in [-0.4, -0.2) is 12.6 Å². The first-order chi connectivity index (χ1) is 4.75. The van der Waals surface area contributed by atoms with Gasteiger partial charge in [-0.2, -0.15) is 0 Å². The molecule has 0 spiro atoms. The molecule has 0 N–H and O–H groups in total. The normalized spacial score (nSPS) is 28.2. The molecule has 0 saturated carbocycles. The van der Waals surface area contributed by atoms with Crippen LogP contribution in [0, 0.1) is 11.8 Å². The Morgan fingerprint density at radius 1 is 1.80 bits per heavy atom. The fourth-order valence-corrected chi connectivity index (χ4v) is 1.31. The summed E-state index contributed by atoms with van der Waals surface area (Å²) < 4.78 is 4.85. The topological polar surface area (TPSA) is 26.3 Å². The minimum atomic E-state index is 0.00866. The van der Waals surface area contributed by atoms with E-state index in [0.29, 0.717) is 12.5 Å². The van der Waals surface area contributed by atoms with Crippen molar-refractivity contribution >= 4 is 5.97 Å². The molecule has 1 fully saturated rings. The maximum atomic E-state index is 11.0. The van der Waals surface area contributed by atoms with Gasteiger partial charge in [0.2, 0.25) is 0 Å². The van der Waals surface area contributed by atoms with Gasteiger partial charge in [0.25, 0.3) is 0 Å². The lowest BCUT2D eigenvalue weighted by molar-refractivity contribution is -0.142. The highest BCUT2D eigenvalue weighted by Crippen LogP contribution is 2.24. The molecule has 58 valence electrons. The van der Waals surface area contributed by atoms with Crippen molar-refractivity contribution in [2.24, 2.45) is 11.8 Å². The van der Waals surface area contributed by atoms with E-state index in [2.05, 4.69) is 13.8 Å². The standard InChI is InChI=1S/C8H14O2/c1-3-6(2)7-4-5-10-8(7)9/h6-7H,3-5H2,1-2H3/t6-,7-/m0/s1. The summed E-state index contributed by atoms with van der Waals surface area (Å²) in [7, 11) is 0. The van der Waals surface area contributed by atoms with Crippen LogP contribution in [0.2, 0.25) is 0 Å². The first-order valence-electron chi connectivity index (χ1n) is 3.92. The highest BCUT2D eigenvalue weighted by atomic mass is 16.5. The van der Waals surface area contributed by atoms with E-state index in [1.807, 2.05) is 0 Å². The minimum Gasteiger partial charge on any atom is -0.465 e. The van der Waals surface area contributed by atoms with Crippen LogP contribution in [0.4, 0.5) is 0 Å². The summed E-state index contributed by atoms with van der Waals surface area (Å²) in [6, 6.07) is 0. The molecule has 2 nitrogen and oxygen atoms in total. The van der Waals surface area contributed by atoms with Crippen LogP contribution in [0.3, 0.4) is 0 Å². The van der Waals surface area contributed by atoms with Gasteiger partial charge in [0.1, 0.15) is 0 Å². The smallest absolute Gasteiger partial charge is 0.309 e. The van der Waals surface area contributed by atoms with Crippen LogP contribution < -0.4 is 0 Å². The predicted molar refractivity (Wildman–Crippen MR) is 38.5 cm³/mol. The largest absolute Gasteiger partial charge is 0.465 e. The first-order valence-corrected chi connectivity index (χ1v) is 3.92. The third-order valence-electron chi connectivity index (χ3n) is 2.31. The summed E-state index contributed by atoms with van der Waals surface area (Å²) >= 11 is 0. The molecule has 0 aromatic rings. The molecule has 0 unspecified atom stereocenters. The molecule has 0 radical (unpaired) electrons. The second-order valence-electron chi connectivity index (χ2n) is 2.95. The number of rotatable bonds is 2. The van der Waals surface area contributed by atoms with Gasteiger partial charge in [-0.15, -0.1) is 0 Å². The Balaban J connectivity index is 2.46. The lowest BCUT2D eigenvalue weighted by Gasteiger charge is -2.11. The molecular formula is C8H14O2. The van der Waals surface area contributed by atoms with Crippen LogP contribution >= 0.6 is 0 Å². The molecule has 0 aliphatic carbocycles. The Labute approximate surface area is 61.6 Å². The lowest BCUT2D eigenvalue weighted by Crippen LogP contribution is -2.15. The number of ether oxygens (including phenoxy) is 1. The zero-order valence-electron chi connectivity index (χ0n) is 6.59. The predicted octanol–water partition coefficient (Wildman–Crippen LogP) is 1.60. The van der Waals surface area contributed by atoms with Gasteiger partial charge in [-0.25, -0.2) is 0 Å². The molecule has 1 aliphatic heterocycles. The fourth-order valence-electron chi connectivity index (χ4n) is 1.31. The van der Waals surface area contributed by atoms with Gasteiger partial charge in [-0.05, 0) is 12.3 Å². The molecule has 2 atom stereocenters. The highest BCUT2D eigenvalue weighted by molar-refractivity contribution is 5.74. The molecule has 2 heteroatoms. The zero-order chi connectivity index (χ0) is 7.56. The van der Waals surface area contributed by atoms with Crippen molar-refractivity contribution in [1.29, 1.82) is 0 Å². The average Bonchev–Trinajstić information content (AvgIpc) is 2.34. The quantitative estimate of drug-likeness (QED) is 0.547. The summed E-state index contributed by atoms with van der Waals surface area (Å²) in [6.45, 7) is 4.85. The number of cyclic esters (lactones) is 1. The van der Waals surface area contributed by atoms with Crippen LogP contribution in [-0.2, 0) is 9.53 Å². The first kappa shape index (κ1) is 7.58. The molecule has 0 amide bonds. The van der Waals surface area contributed by atoms with Crippen molar-refractivity contribution < 1.29 is 9.53 Å².